The van der Waals surface area contributed by atoms with Crippen LogP contribution < -0.4 is 5.32 Å². The van der Waals surface area contributed by atoms with E-state index in [1.54, 1.807) is 35.7 Å². The van der Waals surface area contributed by atoms with Gasteiger partial charge >= 0.3 is 5.97 Å². The number of esters is 1. The van der Waals surface area contributed by atoms with Crippen LogP contribution in [0.1, 0.15) is 58.6 Å². The number of thiophene rings is 1. The minimum atomic E-state index is -0.554. The summed E-state index contributed by atoms with van der Waals surface area (Å²) >= 11 is 2.63. The van der Waals surface area contributed by atoms with Crippen molar-refractivity contribution in [3.63, 3.8) is 0 Å². The van der Waals surface area contributed by atoms with Gasteiger partial charge in [0.1, 0.15) is 0 Å². The molecule has 1 aromatic heterocycles. The van der Waals surface area contributed by atoms with Gasteiger partial charge in [-0.05, 0) is 36.4 Å². The third kappa shape index (κ3) is 6.72. The molecule has 0 atom stereocenters. The maximum Gasteiger partial charge on any atom is 0.339 e. The Balaban J connectivity index is 1.51. The van der Waals surface area contributed by atoms with Gasteiger partial charge in [0, 0.05) is 10.9 Å². The van der Waals surface area contributed by atoms with Crippen molar-refractivity contribution >= 4 is 40.8 Å². The Kier molecular flexibility index (Phi) is 8.31. The molecule has 1 fully saturated rings. The maximum atomic E-state index is 12.5. The number of hydrogen-bond acceptors (Lipinski definition) is 6. The monoisotopic (exact) mass is 431 g/mol. The van der Waals surface area contributed by atoms with Crippen molar-refractivity contribution in [1.29, 1.82) is 0 Å². The van der Waals surface area contributed by atoms with Crippen LogP contribution in [0.4, 0.5) is 0 Å². The van der Waals surface area contributed by atoms with Crippen LogP contribution in [-0.2, 0) is 9.53 Å². The summed E-state index contributed by atoms with van der Waals surface area (Å²) in [4.78, 5) is 38.1. The highest BCUT2D eigenvalue weighted by atomic mass is 32.2. The van der Waals surface area contributed by atoms with Gasteiger partial charge in [0.25, 0.3) is 0 Å². The Morgan fingerprint density at radius 3 is 2.52 bits per heavy atom. The van der Waals surface area contributed by atoms with Crippen LogP contribution in [0.15, 0.2) is 46.7 Å². The van der Waals surface area contributed by atoms with E-state index < -0.39 is 5.97 Å². The Hall–Kier alpha value is -2.12. The first-order chi connectivity index (χ1) is 14.1. The van der Waals surface area contributed by atoms with E-state index in [-0.39, 0.29) is 30.1 Å². The van der Waals surface area contributed by atoms with Crippen LogP contribution >= 0.6 is 23.1 Å². The topological polar surface area (TPSA) is 72.5 Å². The maximum absolute atomic E-state index is 12.5. The number of rotatable bonds is 8. The highest BCUT2D eigenvalue weighted by molar-refractivity contribution is 8.00. The highest BCUT2D eigenvalue weighted by Gasteiger charge is 2.18. The van der Waals surface area contributed by atoms with E-state index in [0.717, 1.165) is 25.7 Å². The summed E-state index contributed by atoms with van der Waals surface area (Å²) in [6.45, 7) is -0.291. The number of ether oxygens (including phenoxy) is 1. The number of nitrogens with one attached hydrogen (secondary N) is 1. The quantitative estimate of drug-likeness (QED) is 0.283. The average molecular weight is 432 g/mol. The number of hydrogen-bond donors (Lipinski definition) is 1. The molecule has 1 heterocycles. The Morgan fingerprint density at radius 1 is 1.03 bits per heavy atom. The van der Waals surface area contributed by atoms with Crippen LogP contribution in [0.3, 0.4) is 0 Å². The first-order valence-corrected chi connectivity index (χ1v) is 11.7. The molecule has 0 saturated heterocycles. The van der Waals surface area contributed by atoms with Gasteiger partial charge in [-0.3, -0.25) is 9.59 Å². The van der Waals surface area contributed by atoms with Crippen molar-refractivity contribution in [3.8, 4) is 0 Å². The molecule has 1 aromatic carbocycles. The van der Waals surface area contributed by atoms with Gasteiger partial charge in [0.05, 0.1) is 16.2 Å². The molecule has 1 saturated carbocycles. The lowest BCUT2D eigenvalue weighted by Crippen LogP contribution is -2.35. The molecule has 0 radical (unpaired) electrons. The number of Topliss-reactive ketones (excluding diaryl/α,β-unsaturated/α-hetero) is 1. The molecule has 1 aliphatic carbocycles. The normalized spacial score (nSPS) is 14.8. The number of thioether (sulfide) groups is 1. The van der Waals surface area contributed by atoms with Gasteiger partial charge in [0.2, 0.25) is 11.7 Å². The van der Waals surface area contributed by atoms with Crippen molar-refractivity contribution in [2.75, 3.05) is 12.4 Å². The summed E-state index contributed by atoms with van der Waals surface area (Å²) in [5.74, 6) is -0.545. The molecule has 29 heavy (non-hydrogen) atoms. The Labute approximate surface area is 179 Å². The summed E-state index contributed by atoms with van der Waals surface area (Å²) in [6.07, 6.45) is 6.89. The minimum Gasteiger partial charge on any atom is -0.454 e. The van der Waals surface area contributed by atoms with Gasteiger partial charge in [-0.15, -0.1) is 23.1 Å². The second-order valence-corrected chi connectivity index (χ2v) is 8.98. The molecule has 0 unspecified atom stereocenters. The van der Waals surface area contributed by atoms with Gasteiger partial charge in [0.15, 0.2) is 6.61 Å². The molecule has 7 heteroatoms. The Morgan fingerprint density at radius 2 is 1.79 bits per heavy atom. The fourth-order valence-electron chi connectivity index (χ4n) is 3.31. The van der Waals surface area contributed by atoms with E-state index in [4.69, 9.17) is 4.74 Å². The molecule has 0 bridgehead atoms. The van der Waals surface area contributed by atoms with Crippen molar-refractivity contribution in [2.45, 2.75) is 49.5 Å². The van der Waals surface area contributed by atoms with E-state index in [1.807, 2.05) is 6.07 Å². The fraction of sp³-hybridized carbons (Fsp3) is 0.409. The second-order valence-electron chi connectivity index (χ2n) is 7.02. The van der Waals surface area contributed by atoms with Gasteiger partial charge in [-0.25, -0.2) is 4.79 Å². The molecule has 2 aromatic rings. The first kappa shape index (κ1) is 21.6. The lowest BCUT2D eigenvalue weighted by atomic mass is 10.1. The molecule has 0 spiro atoms. The predicted octanol–water partition coefficient (Wildman–Crippen LogP) is 4.72. The predicted molar refractivity (Wildman–Crippen MR) is 116 cm³/mol. The van der Waals surface area contributed by atoms with Gasteiger partial charge in [-0.1, -0.05) is 43.9 Å². The third-order valence-corrected chi connectivity index (χ3v) is 6.80. The minimum absolute atomic E-state index is 0.0158. The summed E-state index contributed by atoms with van der Waals surface area (Å²) in [7, 11) is 0. The first-order valence-electron chi connectivity index (χ1n) is 9.88. The zero-order valence-electron chi connectivity index (χ0n) is 16.2. The number of carbonyl (C=O) groups excluding carboxylic acids is 3. The van der Waals surface area contributed by atoms with Crippen LogP contribution in [0.2, 0.25) is 0 Å². The van der Waals surface area contributed by atoms with E-state index in [9.17, 15) is 14.4 Å². The molecule has 1 aliphatic rings. The number of benzene rings is 1. The molecule has 5 nitrogen and oxygen atoms in total. The summed E-state index contributed by atoms with van der Waals surface area (Å²) in [5, 5.41) is 4.92. The fourth-order valence-corrected chi connectivity index (χ4v) is 4.82. The number of ketones is 1. The Bertz CT molecular complexity index is 827. The third-order valence-electron chi connectivity index (χ3n) is 4.82. The van der Waals surface area contributed by atoms with Crippen LogP contribution in [0.5, 0.6) is 0 Å². The van der Waals surface area contributed by atoms with Crippen LogP contribution in [0.25, 0.3) is 0 Å². The summed E-state index contributed by atoms with van der Waals surface area (Å²) in [6, 6.07) is 10.8. The lowest BCUT2D eigenvalue weighted by molar-refractivity contribution is -0.119. The van der Waals surface area contributed by atoms with E-state index >= 15 is 0 Å². The zero-order valence-corrected chi connectivity index (χ0v) is 17.9. The highest BCUT2D eigenvalue weighted by Crippen LogP contribution is 2.24. The van der Waals surface area contributed by atoms with Crippen molar-refractivity contribution in [2.24, 2.45) is 0 Å². The molecule has 1 amide bonds. The van der Waals surface area contributed by atoms with Crippen molar-refractivity contribution in [3.05, 3.63) is 52.2 Å². The standard InChI is InChI=1S/C22H25NO4S2/c24-18(20-12-7-13-28-20)14-27-22(26)17-10-5-6-11-19(17)29-15-21(25)23-16-8-3-1-2-4-9-16/h5-7,10-13,16H,1-4,8-9,14-15H2,(H,23,25). The number of carbonyl (C=O) groups is 3. The van der Waals surface area contributed by atoms with Gasteiger partial charge < -0.3 is 10.1 Å². The second kappa shape index (κ2) is 11.2. The molecular formula is C22H25NO4S2. The molecule has 0 aliphatic heterocycles. The zero-order chi connectivity index (χ0) is 20.5. The van der Waals surface area contributed by atoms with Gasteiger partial charge in [-0.2, -0.15) is 0 Å². The average Bonchev–Trinajstić information content (AvgIpc) is 3.16. The summed E-state index contributed by atoms with van der Waals surface area (Å²) < 4.78 is 5.20. The number of amides is 1. The lowest BCUT2D eigenvalue weighted by Gasteiger charge is -2.16. The van der Waals surface area contributed by atoms with Crippen LogP contribution in [0, 0.1) is 0 Å². The van der Waals surface area contributed by atoms with Crippen molar-refractivity contribution < 1.29 is 19.1 Å². The SMILES string of the molecule is O=C(CSc1ccccc1C(=O)OCC(=O)c1cccs1)NC1CCCCCC1. The summed E-state index contributed by atoms with van der Waals surface area (Å²) in [5.41, 5.74) is 0.374. The van der Waals surface area contributed by atoms with Crippen molar-refractivity contribution in [1.82, 2.24) is 5.32 Å². The largest absolute Gasteiger partial charge is 0.454 e. The smallest absolute Gasteiger partial charge is 0.339 e. The van der Waals surface area contributed by atoms with E-state index in [1.165, 1.54) is 35.9 Å². The van der Waals surface area contributed by atoms with E-state index in [2.05, 4.69) is 5.32 Å². The van der Waals surface area contributed by atoms with Crippen LogP contribution in [-0.4, -0.2) is 36.1 Å². The molecule has 154 valence electrons. The van der Waals surface area contributed by atoms with E-state index in [0.29, 0.717) is 15.3 Å². The molecule has 3 rings (SSSR count). The molecule has 1 N–H and O–H groups in total. The molecular weight excluding hydrogens is 406 g/mol.